The Morgan fingerprint density at radius 2 is 1.54 bits per heavy atom. The monoisotopic (exact) mass is 403 g/mol. The average Bonchev–Trinajstić information content (AvgIpc) is 2.68. The number of ether oxygens (including phenoxy) is 1. The second-order valence-electron chi connectivity index (χ2n) is 5.50. The van der Waals surface area contributed by atoms with E-state index in [1.807, 2.05) is 42.5 Å². The summed E-state index contributed by atoms with van der Waals surface area (Å²) < 4.78 is 6.27. The summed E-state index contributed by atoms with van der Waals surface area (Å²) in [5, 5.41) is 9.37. The number of allylic oxidation sites excluding steroid dienone is 1. The SMILES string of the molecule is N#C/C(=C/c1ccc(OC(=O)c2ccc(Br)cc2)cc1)c1ccccc1. The Morgan fingerprint density at radius 3 is 2.15 bits per heavy atom. The van der Waals surface area contributed by atoms with Crippen LogP contribution in [0.5, 0.6) is 5.75 Å². The summed E-state index contributed by atoms with van der Waals surface area (Å²) in [6, 6.07) is 25.7. The van der Waals surface area contributed by atoms with Gasteiger partial charge in [-0.25, -0.2) is 4.79 Å². The molecule has 0 heterocycles. The van der Waals surface area contributed by atoms with Crippen LogP contribution >= 0.6 is 15.9 Å². The van der Waals surface area contributed by atoms with E-state index in [0.717, 1.165) is 15.6 Å². The summed E-state index contributed by atoms with van der Waals surface area (Å²) in [4.78, 5) is 12.1. The van der Waals surface area contributed by atoms with Crippen molar-refractivity contribution in [2.75, 3.05) is 0 Å². The quantitative estimate of drug-likeness (QED) is 0.241. The molecule has 0 aromatic heterocycles. The lowest BCUT2D eigenvalue weighted by Crippen LogP contribution is -2.08. The highest BCUT2D eigenvalue weighted by Crippen LogP contribution is 2.20. The lowest BCUT2D eigenvalue weighted by atomic mass is 10.0. The van der Waals surface area contributed by atoms with Gasteiger partial charge in [0.25, 0.3) is 0 Å². The fourth-order valence-corrected chi connectivity index (χ4v) is 2.61. The molecule has 3 aromatic carbocycles. The molecular formula is C22H14BrNO2. The second kappa shape index (κ2) is 8.28. The predicted octanol–water partition coefficient (Wildman–Crippen LogP) is 5.73. The van der Waals surface area contributed by atoms with Crippen LogP contribution in [-0.4, -0.2) is 5.97 Å². The minimum atomic E-state index is -0.414. The van der Waals surface area contributed by atoms with E-state index in [1.165, 1.54) is 0 Å². The van der Waals surface area contributed by atoms with Crippen molar-refractivity contribution in [2.24, 2.45) is 0 Å². The van der Waals surface area contributed by atoms with Crippen LogP contribution in [0.4, 0.5) is 0 Å². The molecule has 0 aliphatic rings. The molecule has 0 saturated carbocycles. The number of nitrogens with zero attached hydrogens (tertiary/aromatic N) is 1. The Labute approximate surface area is 160 Å². The number of rotatable bonds is 4. The van der Waals surface area contributed by atoms with Crippen LogP contribution in [0.3, 0.4) is 0 Å². The summed E-state index contributed by atoms with van der Waals surface area (Å²) in [5.74, 6) is 0.0380. The maximum Gasteiger partial charge on any atom is 0.343 e. The zero-order valence-electron chi connectivity index (χ0n) is 13.7. The van der Waals surface area contributed by atoms with Gasteiger partial charge in [-0.05, 0) is 53.6 Å². The number of carbonyl (C=O) groups excluding carboxylic acids is 1. The fourth-order valence-electron chi connectivity index (χ4n) is 2.35. The topological polar surface area (TPSA) is 50.1 Å². The third-order valence-corrected chi connectivity index (χ3v) is 4.22. The molecule has 4 heteroatoms. The largest absolute Gasteiger partial charge is 0.423 e. The van der Waals surface area contributed by atoms with Crippen molar-refractivity contribution in [1.82, 2.24) is 0 Å². The van der Waals surface area contributed by atoms with Crippen LogP contribution in [0.25, 0.3) is 11.6 Å². The standard InChI is InChI=1S/C22H14BrNO2/c23-20-10-8-18(9-11-20)22(25)26-21-12-6-16(7-13-21)14-19(15-24)17-4-2-1-3-5-17/h1-14H/b19-14-. The van der Waals surface area contributed by atoms with Crippen molar-refractivity contribution in [3.63, 3.8) is 0 Å². The molecule has 0 aliphatic heterocycles. The predicted molar refractivity (Wildman–Crippen MR) is 105 cm³/mol. The van der Waals surface area contributed by atoms with Gasteiger partial charge in [-0.15, -0.1) is 0 Å². The van der Waals surface area contributed by atoms with E-state index >= 15 is 0 Å². The molecule has 0 amide bonds. The molecular weight excluding hydrogens is 390 g/mol. The first-order valence-corrected chi connectivity index (χ1v) is 8.70. The molecule has 3 nitrogen and oxygen atoms in total. The van der Waals surface area contributed by atoms with Crippen molar-refractivity contribution >= 4 is 33.5 Å². The molecule has 0 fully saturated rings. The Hall–Kier alpha value is -3.16. The minimum Gasteiger partial charge on any atom is -0.423 e. The maximum atomic E-state index is 12.1. The Bertz CT molecular complexity index is 969. The fraction of sp³-hybridized carbons (Fsp3) is 0. The number of esters is 1. The Balaban J connectivity index is 1.74. The van der Waals surface area contributed by atoms with Crippen LogP contribution < -0.4 is 4.74 Å². The molecule has 0 aliphatic carbocycles. The van der Waals surface area contributed by atoms with E-state index in [0.29, 0.717) is 16.9 Å². The summed E-state index contributed by atoms with van der Waals surface area (Å²) in [7, 11) is 0. The molecule has 3 rings (SSSR count). The van der Waals surface area contributed by atoms with Gasteiger partial charge < -0.3 is 4.74 Å². The van der Waals surface area contributed by atoms with Gasteiger partial charge in [0.05, 0.1) is 17.2 Å². The smallest absolute Gasteiger partial charge is 0.343 e. The second-order valence-corrected chi connectivity index (χ2v) is 6.42. The summed E-state index contributed by atoms with van der Waals surface area (Å²) in [6.07, 6.45) is 1.80. The molecule has 0 bridgehead atoms. The minimum absolute atomic E-state index is 0.414. The highest BCUT2D eigenvalue weighted by molar-refractivity contribution is 9.10. The van der Waals surface area contributed by atoms with E-state index in [1.54, 1.807) is 42.5 Å². The number of hydrogen-bond donors (Lipinski definition) is 0. The first kappa shape index (κ1) is 17.7. The zero-order valence-corrected chi connectivity index (χ0v) is 15.3. The molecule has 0 saturated heterocycles. The van der Waals surface area contributed by atoms with Gasteiger partial charge >= 0.3 is 5.97 Å². The Kier molecular flexibility index (Phi) is 5.62. The van der Waals surface area contributed by atoms with Gasteiger partial charge in [0, 0.05) is 4.47 Å². The van der Waals surface area contributed by atoms with Crippen LogP contribution in [0.15, 0.2) is 83.3 Å². The van der Waals surface area contributed by atoms with Gasteiger partial charge in [0.15, 0.2) is 0 Å². The van der Waals surface area contributed by atoms with E-state index in [-0.39, 0.29) is 0 Å². The number of benzene rings is 3. The van der Waals surface area contributed by atoms with Crippen LogP contribution in [0, 0.1) is 11.3 Å². The first-order chi connectivity index (χ1) is 12.7. The summed E-state index contributed by atoms with van der Waals surface area (Å²) in [5.41, 5.74) is 2.77. The molecule has 0 spiro atoms. The molecule has 3 aromatic rings. The first-order valence-electron chi connectivity index (χ1n) is 7.91. The lowest BCUT2D eigenvalue weighted by Gasteiger charge is -2.05. The molecule has 0 radical (unpaired) electrons. The van der Waals surface area contributed by atoms with Crippen LogP contribution in [0.2, 0.25) is 0 Å². The zero-order chi connectivity index (χ0) is 18.4. The van der Waals surface area contributed by atoms with Gasteiger partial charge in [0.2, 0.25) is 0 Å². The molecule has 126 valence electrons. The van der Waals surface area contributed by atoms with E-state index < -0.39 is 5.97 Å². The molecule has 0 unspecified atom stereocenters. The summed E-state index contributed by atoms with van der Waals surface area (Å²) in [6.45, 7) is 0. The third kappa shape index (κ3) is 4.47. The normalized spacial score (nSPS) is 10.8. The van der Waals surface area contributed by atoms with E-state index in [9.17, 15) is 10.1 Å². The van der Waals surface area contributed by atoms with Crippen molar-refractivity contribution < 1.29 is 9.53 Å². The highest BCUT2D eigenvalue weighted by Gasteiger charge is 2.08. The summed E-state index contributed by atoms with van der Waals surface area (Å²) >= 11 is 3.33. The van der Waals surface area contributed by atoms with E-state index in [4.69, 9.17) is 4.74 Å². The maximum absolute atomic E-state index is 12.1. The Morgan fingerprint density at radius 1 is 0.885 bits per heavy atom. The van der Waals surface area contributed by atoms with Crippen LogP contribution in [-0.2, 0) is 0 Å². The molecule has 26 heavy (non-hydrogen) atoms. The number of nitriles is 1. The molecule has 0 N–H and O–H groups in total. The average molecular weight is 404 g/mol. The van der Waals surface area contributed by atoms with Gasteiger partial charge in [-0.1, -0.05) is 58.4 Å². The number of hydrogen-bond acceptors (Lipinski definition) is 3. The highest BCUT2D eigenvalue weighted by atomic mass is 79.9. The molecule has 0 atom stereocenters. The van der Waals surface area contributed by atoms with Crippen molar-refractivity contribution in [3.05, 3.63) is 100 Å². The van der Waals surface area contributed by atoms with E-state index in [2.05, 4.69) is 22.0 Å². The van der Waals surface area contributed by atoms with Gasteiger partial charge in [-0.2, -0.15) is 5.26 Å². The third-order valence-electron chi connectivity index (χ3n) is 3.69. The number of carbonyl (C=O) groups is 1. The van der Waals surface area contributed by atoms with Crippen LogP contribution in [0.1, 0.15) is 21.5 Å². The van der Waals surface area contributed by atoms with Crippen molar-refractivity contribution in [2.45, 2.75) is 0 Å². The lowest BCUT2D eigenvalue weighted by molar-refractivity contribution is 0.0734. The van der Waals surface area contributed by atoms with Gasteiger partial charge in [-0.3, -0.25) is 0 Å². The van der Waals surface area contributed by atoms with Crippen molar-refractivity contribution in [1.29, 1.82) is 5.26 Å². The number of halogens is 1. The van der Waals surface area contributed by atoms with Gasteiger partial charge in [0.1, 0.15) is 5.75 Å². The van der Waals surface area contributed by atoms with Crippen molar-refractivity contribution in [3.8, 4) is 11.8 Å².